The monoisotopic (exact) mass is 276 g/mol. The first-order valence-corrected chi connectivity index (χ1v) is 6.43. The second-order valence-corrected chi connectivity index (χ2v) is 4.99. The van der Waals surface area contributed by atoms with Crippen LogP contribution in [-0.4, -0.2) is 63.5 Å². The lowest BCUT2D eigenvalue weighted by atomic mass is 10.0. The maximum atomic E-state index is 9.23. The van der Waals surface area contributed by atoms with Gasteiger partial charge in [-0.25, -0.2) is 0 Å². The molecule has 6 atom stereocenters. The molecule has 112 valence electrons. The fraction of sp³-hybridized carbons (Fsp3) is 0.833. The summed E-state index contributed by atoms with van der Waals surface area (Å²) in [5, 5.41) is 35.7. The maximum absolute atomic E-state index is 9.23. The number of hydrogen-bond donors (Lipinski definition) is 6. The SMILES string of the molecule is NC1CC(N)C(O)C1.OC=CC1OCCC(O)[C@@H]1O. The average Bonchev–Trinajstić information content (AvgIpc) is 2.64. The van der Waals surface area contributed by atoms with Crippen LogP contribution in [0.25, 0.3) is 0 Å². The van der Waals surface area contributed by atoms with Gasteiger partial charge in [0.15, 0.2) is 0 Å². The summed E-state index contributed by atoms with van der Waals surface area (Å²) in [5.74, 6) is 0. The third kappa shape index (κ3) is 5.06. The van der Waals surface area contributed by atoms with E-state index in [9.17, 15) is 5.11 Å². The molecule has 1 aliphatic heterocycles. The Balaban J connectivity index is 0.000000200. The molecule has 8 N–H and O–H groups in total. The molecule has 0 radical (unpaired) electrons. The van der Waals surface area contributed by atoms with Crippen molar-refractivity contribution in [2.24, 2.45) is 11.5 Å². The molecule has 5 unspecified atom stereocenters. The lowest BCUT2D eigenvalue weighted by Crippen LogP contribution is -2.43. The molecule has 7 nitrogen and oxygen atoms in total. The van der Waals surface area contributed by atoms with Crippen LogP contribution >= 0.6 is 0 Å². The molecule has 2 fully saturated rings. The van der Waals surface area contributed by atoms with Gasteiger partial charge < -0.3 is 36.6 Å². The van der Waals surface area contributed by atoms with E-state index in [2.05, 4.69) is 0 Å². The van der Waals surface area contributed by atoms with Crippen molar-refractivity contribution in [3.8, 4) is 0 Å². The van der Waals surface area contributed by atoms with Crippen LogP contribution in [0.2, 0.25) is 0 Å². The molecule has 0 aromatic rings. The smallest absolute Gasteiger partial charge is 0.110 e. The molecule has 1 aliphatic carbocycles. The molecule has 19 heavy (non-hydrogen) atoms. The molecule has 7 heteroatoms. The van der Waals surface area contributed by atoms with Gasteiger partial charge in [0.05, 0.1) is 25.1 Å². The summed E-state index contributed by atoms with van der Waals surface area (Å²) in [6.45, 7) is 0.410. The fourth-order valence-electron chi connectivity index (χ4n) is 2.16. The lowest BCUT2D eigenvalue weighted by molar-refractivity contribution is -0.116. The van der Waals surface area contributed by atoms with E-state index >= 15 is 0 Å². The second kappa shape index (κ2) is 7.78. The quantitative estimate of drug-likeness (QED) is 0.315. The number of hydrogen-bond acceptors (Lipinski definition) is 7. The first kappa shape index (κ1) is 16.4. The minimum absolute atomic E-state index is 0.0787. The van der Waals surface area contributed by atoms with Crippen molar-refractivity contribution in [3.05, 3.63) is 12.3 Å². The third-order valence-electron chi connectivity index (χ3n) is 3.34. The fourth-order valence-corrected chi connectivity index (χ4v) is 2.16. The summed E-state index contributed by atoms with van der Waals surface area (Å²) in [6, 6.07) is 0.0463. The van der Waals surface area contributed by atoms with Gasteiger partial charge in [-0.15, -0.1) is 0 Å². The molecular weight excluding hydrogens is 252 g/mol. The highest BCUT2D eigenvalue weighted by Gasteiger charge is 2.29. The van der Waals surface area contributed by atoms with E-state index in [0.717, 1.165) is 12.7 Å². The predicted molar refractivity (Wildman–Crippen MR) is 69.3 cm³/mol. The Labute approximate surface area is 112 Å². The minimum Gasteiger partial charge on any atom is -0.516 e. The Morgan fingerprint density at radius 1 is 1.05 bits per heavy atom. The van der Waals surface area contributed by atoms with Gasteiger partial charge in [0.2, 0.25) is 0 Å². The molecule has 0 spiro atoms. The first-order valence-electron chi connectivity index (χ1n) is 6.43. The predicted octanol–water partition coefficient (Wildman–Crippen LogP) is -1.64. The highest BCUT2D eigenvalue weighted by molar-refractivity contribution is 4.93. The van der Waals surface area contributed by atoms with Gasteiger partial charge in [0, 0.05) is 12.1 Å². The van der Waals surface area contributed by atoms with Gasteiger partial charge in [0.25, 0.3) is 0 Å². The molecule has 0 aromatic carbocycles. The van der Waals surface area contributed by atoms with Crippen molar-refractivity contribution in [3.63, 3.8) is 0 Å². The molecule has 1 heterocycles. The van der Waals surface area contributed by atoms with Crippen LogP contribution in [0, 0.1) is 0 Å². The Morgan fingerprint density at radius 2 is 1.74 bits per heavy atom. The molecule has 2 rings (SSSR count). The number of nitrogens with two attached hydrogens (primary N) is 2. The van der Waals surface area contributed by atoms with Crippen molar-refractivity contribution < 1.29 is 25.2 Å². The number of aliphatic hydroxyl groups excluding tert-OH is 4. The summed E-state index contributed by atoms with van der Waals surface area (Å²) in [7, 11) is 0. The highest BCUT2D eigenvalue weighted by atomic mass is 16.5. The molecular formula is C12H24N2O5. The van der Waals surface area contributed by atoms with Gasteiger partial charge in [0.1, 0.15) is 12.2 Å². The second-order valence-electron chi connectivity index (χ2n) is 4.99. The highest BCUT2D eigenvalue weighted by Crippen LogP contribution is 2.15. The largest absolute Gasteiger partial charge is 0.516 e. The maximum Gasteiger partial charge on any atom is 0.110 e. The Hall–Kier alpha value is -0.700. The average molecular weight is 276 g/mol. The van der Waals surface area contributed by atoms with Crippen molar-refractivity contribution in [2.75, 3.05) is 6.61 Å². The normalized spacial score (nSPS) is 43.0. The van der Waals surface area contributed by atoms with Gasteiger partial charge in [-0.05, 0) is 25.3 Å². The zero-order chi connectivity index (χ0) is 14.4. The van der Waals surface area contributed by atoms with Crippen molar-refractivity contribution in [1.82, 2.24) is 0 Å². The van der Waals surface area contributed by atoms with Gasteiger partial charge >= 0.3 is 0 Å². The van der Waals surface area contributed by atoms with Crippen molar-refractivity contribution in [1.29, 1.82) is 0 Å². The summed E-state index contributed by atoms with van der Waals surface area (Å²) in [4.78, 5) is 0. The van der Waals surface area contributed by atoms with E-state index in [-0.39, 0.29) is 18.2 Å². The zero-order valence-corrected chi connectivity index (χ0v) is 10.8. The van der Waals surface area contributed by atoms with E-state index in [4.69, 9.17) is 31.5 Å². The minimum atomic E-state index is -0.924. The Bertz CT molecular complexity index is 279. The Kier molecular flexibility index (Phi) is 6.70. The third-order valence-corrected chi connectivity index (χ3v) is 3.34. The summed E-state index contributed by atoms with van der Waals surface area (Å²) in [5.41, 5.74) is 10.9. The molecule has 0 bridgehead atoms. The lowest BCUT2D eigenvalue weighted by Gasteiger charge is -2.29. The standard InChI is InChI=1S/C7H12O4.C5H12N2O/c8-3-1-6-7(10)5(9)2-4-11-6;6-3-1-4(7)5(8)2-3/h1,3,5-10H,2,4H2;3-5,8H,1-2,6-7H2/t5?,6?,7-;/m0./s1. The van der Waals surface area contributed by atoms with Crippen LogP contribution in [0.5, 0.6) is 0 Å². The van der Waals surface area contributed by atoms with E-state index in [1.807, 2.05) is 0 Å². The summed E-state index contributed by atoms with van der Waals surface area (Å²) >= 11 is 0. The molecule has 1 saturated carbocycles. The van der Waals surface area contributed by atoms with Crippen LogP contribution in [0.1, 0.15) is 19.3 Å². The molecule has 0 amide bonds. The van der Waals surface area contributed by atoms with E-state index in [1.54, 1.807) is 0 Å². The molecule has 1 saturated heterocycles. The first-order chi connectivity index (χ1) is 8.95. The van der Waals surface area contributed by atoms with Gasteiger partial charge in [-0.1, -0.05) is 0 Å². The van der Waals surface area contributed by atoms with Crippen LogP contribution in [0.3, 0.4) is 0 Å². The van der Waals surface area contributed by atoms with Crippen LogP contribution in [-0.2, 0) is 4.74 Å². The molecule has 2 aliphatic rings. The zero-order valence-electron chi connectivity index (χ0n) is 10.8. The summed E-state index contributed by atoms with van der Waals surface area (Å²) in [6.07, 6.45) is 1.39. The van der Waals surface area contributed by atoms with Gasteiger partial charge in [-0.3, -0.25) is 0 Å². The molecule has 0 aromatic heterocycles. The number of aliphatic hydroxyl groups is 4. The topological polar surface area (TPSA) is 142 Å². The van der Waals surface area contributed by atoms with Crippen LogP contribution in [0.4, 0.5) is 0 Å². The van der Waals surface area contributed by atoms with Crippen molar-refractivity contribution >= 4 is 0 Å². The van der Waals surface area contributed by atoms with E-state index in [1.165, 1.54) is 6.08 Å². The van der Waals surface area contributed by atoms with Crippen LogP contribution < -0.4 is 11.5 Å². The van der Waals surface area contributed by atoms with E-state index in [0.29, 0.717) is 19.4 Å². The number of ether oxygens (including phenoxy) is 1. The summed E-state index contributed by atoms with van der Waals surface area (Å²) < 4.78 is 5.04. The van der Waals surface area contributed by atoms with E-state index < -0.39 is 18.3 Å². The number of rotatable bonds is 1. The van der Waals surface area contributed by atoms with Gasteiger partial charge in [-0.2, -0.15) is 0 Å². The Morgan fingerprint density at radius 3 is 2.16 bits per heavy atom. The van der Waals surface area contributed by atoms with Crippen molar-refractivity contribution in [2.45, 2.75) is 55.8 Å². The van der Waals surface area contributed by atoms with Crippen LogP contribution in [0.15, 0.2) is 12.3 Å².